The third-order valence-electron chi connectivity index (χ3n) is 4.68. The van der Waals surface area contributed by atoms with Crippen molar-refractivity contribution < 1.29 is 19.9 Å². The number of hydrogen-bond acceptors (Lipinski definition) is 7. The van der Waals surface area contributed by atoms with E-state index in [1.165, 1.54) is 36.5 Å². The number of hydrogen-bond donors (Lipinski definition) is 3. The first-order valence-corrected chi connectivity index (χ1v) is 8.94. The summed E-state index contributed by atoms with van der Waals surface area (Å²) in [5.41, 5.74) is 1.04. The second-order valence-corrected chi connectivity index (χ2v) is 6.55. The zero-order valence-electron chi connectivity index (χ0n) is 15.5. The van der Waals surface area contributed by atoms with E-state index in [-0.39, 0.29) is 28.4 Å². The van der Waals surface area contributed by atoms with Gasteiger partial charge in [-0.25, -0.2) is 5.01 Å². The molecule has 0 bridgehead atoms. The SMILES string of the molecule is O=C1c2ccc([N+](=O)[O-])cc2N[C@@H](c2ccccc2O)N1/N=C\c1ccccc1O. The number of phenolic OH excluding ortho intramolecular Hbond substituents is 2. The molecule has 150 valence electrons. The van der Waals surface area contributed by atoms with Crippen LogP contribution in [0, 0.1) is 10.1 Å². The van der Waals surface area contributed by atoms with Gasteiger partial charge in [0.05, 0.1) is 22.4 Å². The van der Waals surface area contributed by atoms with Crippen molar-refractivity contribution in [1.82, 2.24) is 5.01 Å². The average Bonchev–Trinajstić information content (AvgIpc) is 2.74. The number of nitro benzene ring substituents is 1. The molecule has 1 atom stereocenters. The van der Waals surface area contributed by atoms with E-state index in [1.807, 2.05) is 0 Å². The molecule has 0 saturated carbocycles. The van der Waals surface area contributed by atoms with Crippen molar-refractivity contribution in [2.75, 3.05) is 5.32 Å². The van der Waals surface area contributed by atoms with Crippen LogP contribution in [0.1, 0.15) is 27.7 Å². The van der Waals surface area contributed by atoms with Crippen LogP contribution in [0.4, 0.5) is 11.4 Å². The number of nitrogens with one attached hydrogen (secondary N) is 1. The molecule has 9 heteroatoms. The van der Waals surface area contributed by atoms with E-state index in [0.717, 1.165) is 5.01 Å². The molecule has 0 fully saturated rings. The van der Waals surface area contributed by atoms with Gasteiger partial charge in [0.25, 0.3) is 11.6 Å². The highest BCUT2D eigenvalue weighted by Crippen LogP contribution is 2.38. The molecule has 1 heterocycles. The Kier molecular flexibility index (Phi) is 4.77. The van der Waals surface area contributed by atoms with Crippen LogP contribution in [-0.4, -0.2) is 32.3 Å². The molecule has 0 aliphatic carbocycles. The van der Waals surface area contributed by atoms with E-state index >= 15 is 0 Å². The van der Waals surface area contributed by atoms with Gasteiger partial charge in [-0.1, -0.05) is 30.3 Å². The summed E-state index contributed by atoms with van der Waals surface area (Å²) in [5, 5.41) is 39.8. The largest absolute Gasteiger partial charge is 0.508 e. The standard InChI is InChI=1S/C21H16N4O5/c26-18-7-3-1-5-13(18)12-22-24-20(16-6-2-4-8-19(16)27)23-17-11-14(25(29)30)9-10-15(17)21(24)28/h1-12,20,23,26-27H/b22-12-/t20-/m1/s1. The minimum Gasteiger partial charge on any atom is -0.508 e. The van der Waals surface area contributed by atoms with Gasteiger partial charge in [0.15, 0.2) is 6.17 Å². The lowest BCUT2D eigenvalue weighted by molar-refractivity contribution is -0.384. The zero-order valence-corrected chi connectivity index (χ0v) is 15.5. The Labute approximate surface area is 170 Å². The van der Waals surface area contributed by atoms with Gasteiger partial charge in [0.2, 0.25) is 0 Å². The number of nitro groups is 1. The third-order valence-corrected chi connectivity index (χ3v) is 4.68. The first kappa shape index (κ1) is 18.9. The summed E-state index contributed by atoms with van der Waals surface area (Å²) in [6.07, 6.45) is 0.411. The molecule has 3 N–H and O–H groups in total. The Balaban J connectivity index is 1.81. The van der Waals surface area contributed by atoms with Crippen LogP contribution < -0.4 is 5.32 Å². The molecule has 30 heavy (non-hydrogen) atoms. The van der Waals surface area contributed by atoms with Crippen LogP contribution in [0.25, 0.3) is 0 Å². The molecule has 3 aromatic rings. The predicted octanol–water partition coefficient (Wildman–Crippen LogP) is 3.61. The Bertz CT molecular complexity index is 1180. The first-order chi connectivity index (χ1) is 14.5. The van der Waals surface area contributed by atoms with Crippen molar-refractivity contribution in [3.8, 4) is 11.5 Å². The van der Waals surface area contributed by atoms with Gasteiger partial charge in [-0.3, -0.25) is 14.9 Å². The number of rotatable bonds is 4. The number of non-ortho nitro benzene ring substituents is 1. The number of para-hydroxylation sites is 2. The molecular formula is C21H16N4O5. The van der Waals surface area contributed by atoms with Crippen LogP contribution in [0.2, 0.25) is 0 Å². The molecule has 0 unspecified atom stereocenters. The van der Waals surface area contributed by atoms with Crippen LogP contribution in [0.15, 0.2) is 71.8 Å². The number of nitrogens with zero attached hydrogens (tertiary/aromatic N) is 3. The van der Waals surface area contributed by atoms with Crippen molar-refractivity contribution >= 4 is 23.5 Å². The molecule has 4 rings (SSSR count). The van der Waals surface area contributed by atoms with Crippen LogP contribution >= 0.6 is 0 Å². The number of amides is 1. The van der Waals surface area contributed by atoms with Crippen molar-refractivity contribution in [3.63, 3.8) is 0 Å². The Morgan fingerprint density at radius 3 is 2.43 bits per heavy atom. The number of benzene rings is 3. The lowest BCUT2D eigenvalue weighted by atomic mass is 10.0. The van der Waals surface area contributed by atoms with E-state index in [2.05, 4.69) is 10.4 Å². The summed E-state index contributed by atoms with van der Waals surface area (Å²) in [5.74, 6) is -0.591. The van der Waals surface area contributed by atoms with Crippen molar-refractivity contribution in [2.24, 2.45) is 5.10 Å². The van der Waals surface area contributed by atoms with E-state index in [4.69, 9.17) is 0 Å². The monoisotopic (exact) mass is 404 g/mol. The van der Waals surface area contributed by atoms with Crippen molar-refractivity contribution in [2.45, 2.75) is 6.17 Å². The highest BCUT2D eigenvalue weighted by atomic mass is 16.6. The smallest absolute Gasteiger partial charge is 0.278 e. The number of fused-ring (bicyclic) bond motifs is 1. The third kappa shape index (κ3) is 3.39. The van der Waals surface area contributed by atoms with E-state index in [9.17, 15) is 25.1 Å². The quantitative estimate of drug-likeness (QED) is 0.346. The predicted molar refractivity (Wildman–Crippen MR) is 109 cm³/mol. The van der Waals surface area contributed by atoms with Gasteiger partial charge in [0, 0.05) is 23.3 Å². The normalized spacial score (nSPS) is 15.7. The highest BCUT2D eigenvalue weighted by molar-refractivity contribution is 6.02. The number of aromatic hydroxyl groups is 2. The number of anilines is 1. The van der Waals surface area contributed by atoms with Crippen molar-refractivity contribution in [3.05, 3.63) is 93.5 Å². The summed E-state index contributed by atoms with van der Waals surface area (Å²) in [4.78, 5) is 23.7. The van der Waals surface area contributed by atoms with Gasteiger partial charge in [0.1, 0.15) is 11.5 Å². The fourth-order valence-corrected chi connectivity index (χ4v) is 3.17. The molecule has 3 aromatic carbocycles. The maximum Gasteiger partial charge on any atom is 0.278 e. The lowest BCUT2D eigenvalue weighted by Crippen LogP contribution is -2.39. The fraction of sp³-hybridized carbons (Fsp3) is 0.0476. The minimum atomic E-state index is -0.921. The Morgan fingerprint density at radius 2 is 1.73 bits per heavy atom. The van der Waals surface area contributed by atoms with E-state index < -0.39 is 17.0 Å². The molecule has 1 aliphatic heterocycles. The molecule has 0 saturated heterocycles. The maximum atomic E-state index is 13.2. The average molecular weight is 404 g/mol. The van der Waals surface area contributed by atoms with E-state index in [0.29, 0.717) is 11.1 Å². The number of phenols is 2. The fourth-order valence-electron chi connectivity index (χ4n) is 3.17. The molecular weight excluding hydrogens is 388 g/mol. The van der Waals surface area contributed by atoms with Crippen LogP contribution in [-0.2, 0) is 0 Å². The summed E-state index contributed by atoms with van der Waals surface area (Å²) in [6.45, 7) is 0. The van der Waals surface area contributed by atoms with Gasteiger partial charge >= 0.3 is 0 Å². The number of carbonyl (C=O) groups excluding carboxylic acids is 1. The van der Waals surface area contributed by atoms with Gasteiger partial charge in [-0.15, -0.1) is 0 Å². The zero-order chi connectivity index (χ0) is 21.3. The van der Waals surface area contributed by atoms with Crippen LogP contribution in [0.3, 0.4) is 0 Å². The van der Waals surface area contributed by atoms with Gasteiger partial charge in [-0.05, 0) is 24.3 Å². The molecule has 1 amide bonds. The summed E-state index contributed by atoms with van der Waals surface area (Å²) >= 11 is 0. The van der Waals surface area contributed by atoms with E-state index in [1.54, 1.807) is 36.4 Å². The second-order valence-electron chi connectivity index (χ2n) is 6.55. The van der Waals surface area contributed by atoms with Crippen molar-refractivity contribution in [1.29, 1.82) is 0 Å². The summed E-state index contributed by atoms with van der Waals surface area (Å²) < 4.78 is 0. The maximum absolute atomic E-state index is 13.2. The van der Waals surface area contributed by atoms with Crippen LogP contribution in [0.5, 0.6) is 11.5 Å². The lowest BCUT2D eigenvalue weighted by Gasteiger charge is -2.34. The molecule has 0 aromatic heterocycles. The molecule has 0 spiro atoms. The molecule has 9 nitrogen and oxygen atoms in total. The number of carbonyl (C=O) groups is 1. The Morgan fingerprint density at radius 1 is 1.03 bits per heavy atom. The summed E-state index contributed by atoms with van der Waals surface area (Å²) in [7, 11) is 0. The second kappa shape index (κ2) is 7.55. The summed E-state index contributed by atoms with van der Waals surface area (Å²) in [6, 6.07) is 16.8. The first-order valence-electron chi connectivity index (χ1n) is 8.94. The van der Waals surface area contributed by atoms with Gasteiger partial charge < -0.3 is 15.5 Å². The highest BCUT2D eigenvalue weighted by Gasteiger charge is 2.35. The Hall–Kier alpha value is -4.40. The molecule has 1 aliphatic rings. The van der Waals surface area contributed by atoms with Gasteiger partial charge in [-0.2, -0.15) is 5.10 Å². The molecule has 0 radical (unpaired) electrons. The minimum absolute atomic E-state index is 0.00574. The number of hydrazone groups is 1. The topological polar surface area (TPSA) is 128 Å².